The van der Waals surface area contributed by atoms with E-state index in [9.17, 15) is 0 Å². The number of fused-ring (bicyclic) bond motifs is 1. The standard InChI is InChI=1S/C13H17P/c1-9-5-6-10(2)13-8-11(14(3)4)7-12(9)13/h5-7H,8H2,1-4H3. The molecule has 74 valence electrons. The first-order chi connectivity index (χ1) is 6.59. The van der Waals surface area contributed by atoms with Crippen molar-refractivity contribution in [1.82, 2.24) is 0 Å². The summed E-state index contributed by atoms with van der Waals surface area (Å²) in [6, 6.07) is 4.49. The fraction of sp³-hybridized carbons (Fsp3) is 0.385. The molecular weight excluding hydrogens is 187 g/mol. The van der Waals surface area contributed by atoms with E-state index in [1.807, 2.05) is 0 Å². The van der Waals surface area contributed by atoms with Crippen LogP contribution >= 0.6 is 7.92 Å². The highest BCUT2D eigenvalue weighted by Crippen LogP contribution is 2.45. The molecule has 0 bridgehead atoms. The highest BCUT2D eigenvalue weighted by Gasteiger charge is 2.17. The first-order valence-electron chi connectivity index (χ1n) is 5.06. The second-order valence-electron chi connectivity index (χ2n) is 4.30. The Morgan fingerprint density at radius 3 is 2.29 bits per heavy atom. The van der Waals surface area contributed by atoms with Crippen molar-refractivity contribution in [3.8, 4) is 0 Å². The van der Waals surface area contributed by atoms with Crippen molar-refractivity contribution >= 4 is 14.0 Å². The van der Waals surface area contributed by atoms with Gasteiger partial charge in [0.25, 0.3) is 0 Å². The smallest absolute Gasteiger partial charge is 0.00126 e. The predicted molar refractivity (Wildman–Crippen MR) is 66.4 cm³/mol. The molecule has 0 nitrogen and oxygen atoms in total. The van der Waals surface area contributed by atoms with Crippen molar-refractivity contribution in [3.63, 3.8) is 0 Å². The zero-order chi connectivity index (χ0) is 10.3. The average molecular weight is 204 g/mol. The Hall–Kier alpha value is -0.610. The highest BCUT2D eigenvalue weighted by molar-refractivity contribution is 7.60. The minimum atomic E-state index is 0.0884. The van der Waals surface area contributed by atoms with Gasteiger partial charge in [-0.3, -0.25) is 0 Å². The molecule has 0 fully saturated rings. The maximum atomic E-state index is 2.42. The molecule has 14 heavy (non-hydrogen) atoms. The number of hydrogen-bond donors (Lipinski definition) is 0. The van der Waals surface area contributed by atoms with Gasteiger partial charge in [-0.15, -0.1) is 0 Å². The SMILES string of the molecule is Cc1ccc(C)c2c1C=C(P(C)C)C2. The molecule has 0 aliphatic heterocycles. The summed E-state index contributed by atoms with van der Waals surface area (Å²) in [4.78, 5) is 0. The minimum Gasteiger partial charge on any atom is -0.0857 e. The second kappa shape index (κ2) is 3.51. The van der Waals surface area contributed by atoms with Gasteiger partial charge in [0.05, 0.1) is 0 Å². The molecule has 0 saturated heterocycles. The summed E-state index contributed by atoms with van der Waals surface area (Å²) in [5.41, 5.74) is 5.94. The van der Waals surface area contributed by atoms with Gasteiger partial charge in [-0.2, -0.15) is 0 Å². The Balaban J connectivity index is 2.50. The Bertz CT molecular complexity index is 400. The quantitative estimate of drug-likeness (QED) is 0.608. The largest absolute Gasteiger partial charge is 0.0857 e. The molecule has 0 unspecified atom stereocenters. The first kappa shape index (κ1) is 9.93. The number of benzene rings is 1. The lowest BCUT2D eigenvalue weighted by Gasteiger charge is -2.08. The highest BCUT2D eigenvalue weighted by atomic mass is 31.1. The maximum absolute atomic E-state index is 2.42. The van der Waals surface area contributed by atoms with Gasteiger partial charge in [0.15, 0.2) is 0 Å². The normalized spacial score (nSPS) is 14.5. The van der Waals surface area contributed by atoms with Gasteiger partial charge < -0.3 is 0 Å². The zero-order valence-corrected chi connectivity index (χ0v) is 10.3. The molecule has 1 aromatic carbocycles. The Morgan fingerprint density at radius 1 is 1.07 bits per heavy atom. The predicted octanol–water partition coefficient (Wildman–Crippen LogP) is 3.94. The van der Waals surface area contributed by atoms with Gasteiger partial charge >= 0.3 is 0 Å². The summed E-state index contributed by atoms with van der Waals surface area (Å²) >= 11 is 0. The summed E-state index contributed by atoms with van der Waals surface area (Å²) in [5, 5.41) is 1.65. The summed E-state index contributed by atoms with van der Waals surface area (Å²) in [6.45, 7) is 9.13. The molecule has 0 spiro atoms. The molecule has 0 N–H and O–H groups in total. The van der Waals surface area contributed by atoms with Crippen molar-refractivity contribution in [3.05, 3.63) is 39.7 Å². The fourth-order valence-corrected chi connectivity index (χ4v) is 2.87. The molecule has 0 aromatic heterocycles. The molecule has 2 rings (SSSR count). The van der Waals surface area contributed by atoms with E-state index in [0.29, 0.717) is 0 Å². The lowest BCUT2D eigenvalue weighted by molar-refractivity contribution is 1.21. The topological polar surface area (TPSA) is 0 Å². The van der Waals surface area contributed by atoms with E-state index in [0.717, 1.165) is 0 Å². The van der Waals surface area contributed by atoms with Crippen LogP contribution in [0.4, 0.5) is 0 Å². The van der Waals surface area contributed by atoms with Crippen molar-refractivity contribution in [2.24, 2.45) is 0 Å². The monoisotopic (exact) mass is 204 g/mol. The lowest BCUT2D eigenvalue weighted by Crippen LogP contribution is -1.90. The first-order valence-corrected chi connectivity index (χ1v) is 7.30. The molecule has 1 aromatic rings. The summed E-state index contributed by atoms with van der Waals surface area (Å²) in [6.07, 6.45) is 3.62. The van der Waals surface area contributed by atoms with Crippen LogP contribution in [0.5, 0.6) is 0 Å². The van der Waals surface area contributed by atoms with Crippen LogP contribution in [0.3, 0.4) is 0 Å². The van der Waals surface area contributed by atoms with Gasteiger partial charge in [0.2, 0.25) is 0 Å². The number of rotatable bonds is 1. The molecular formula is C13H17P. The summed E-state index contributed by atoms with van der Waals surface area (Å²) < 4.78 is 0. The van der Waals surface area contributed by atoms with Crippen LogP contribution in [0.15, 0.2) is 17.4 Å². The van der Waals surface area contributed by atoms with Gasteiger partial charge in [0.1, 0.15) is 0 Å². The van der Waals surface area contributed by atoms with E-state index in [1.165, 1.54) is 23.1 Å². The van der Waals surface area contributed by atoms with E-state index >= 15 is 0 Å². The second-order valence-corrected chi connectivity index (χ2v) is 6.66. The van der Waals surface area contributed by atoms with Gasteiger partial charge in [-0.1, -0.05) is 26.1 Å². The summed E-state index contributed by atoms with van der Waals surface area (Å²) in [5.74, 6) is 0. The number of hydrogen-bond acceptors (Lipinski definition) is 0. The molecule has 0 atom stereocenters. The Labute approximate surface area is 87.8 Å². The van der Waals surface area contributed by atoms with E-state index < -0.39 is 0 Å². The molecule has 0 saturated carbocycles. The molecule has 0 radical (unpaired) electrons. The van der Waals surface area contributed by atoms with Gasteiger partial charge in [-0.05, 0) is 61.2 Å². The molecule has 0 heterocycles. The van der Waals surface area contributed by atoms with E-state index in [2.05, 4.69) is 45.4 Å². The van der Waals surface area contributed by atoms with Crippen LogP contribution in [0.1, 0.15) is 22.3 Å². The van der Waals surface area contributed by atoms with Crippen LogP contribution in [0.2, 0.25) is 0 Å². The Kier molecular flexibility index (Phi) is 2.49. The van der Waals surface area contributed by atoms with E-state index in [1.54, 1.807) is 10.9 Å². The molecule has 1 aliphatic rings. The van der Waals surface area contributed by atoms with Crippen LogP contribution < -0.4 is 0 Å². The Morgan fingerprint density at radius 2 is 1.71 bits per heavy atom. The molecule has 1 aliphatic carbocycles. The number of allylic oxidation sites excluding steroid dienone is 1. The fourth-order valence-electron chi connectivity index (χ4n) is 2.01. The third-order valence-electron chi connectivity index (χ3n) is 3.05. The van der Waals surface area contributed by atoms with Crippen molar-refractivity contribution in [1.29, 1.82) is 0 Å². The maximum Gasteiger partial charge on any atom is -0.00126 e. The molecule has 1 heteroatoms. The third-order valence-corrected chi connectivity index (χ3v) is 4.49. The van der Waals surface area contributed by atoms with Crippen molar-refractivity contribution in [2.45, 2.75) is 20.3 Å². The van der Waals surface area contributed by atoms with Crippen LogP contribution in [0, 0.1) is 13.8 Å². The zero-order valence-electron chi connectivity index (χ0n) is 9.39. The van der Waals surface area contributed by atoms with E-state index in [4.69, 9.17) is 0 Å². The van der Waals surface area contributed by atoms with E-state index in [-0.39, 0.29) is 7.92 Å². The average Bonchev–Trinajstić information content (AvgIpc) is 2.57. The van der Waals surface area contributed by atoms with Crippen LogP contribution in [-0.4, -0.2) is 13.3 Å². The summed E-state index contributed by atoms with van der Waals surface area (Å²) in [7, 11) is 0.0884. The van der Waals surface area contributed by atoms with Crippen LogP contribution in [-0.2, 0) is 6.42 Å². The number of aryl methyl sites for hydroxylation is 2. The van der Waals surface area contributed by atoms with Gasteiger partial charge in [-0.25, -0.2) is 0 Å². The third kappa shape index (κ3) is 1.53. The lowest BCUT2D eigenvalue weighted by atomic mass is 10.00. The minimum absolute atomic E-state index is 0.0884. The van der Waals surface area contributed by atoms with Crippen molar-refractivity contribution < 1.29 is 0 Å². The van der Waals surface area contributed by atoms with Crippen molar-refractivity contribution in [2.75, 3.05) is 13.3 Å². The van der Waals surface area contributed by atoms with Gasteiger partial charge in [0, 0.05) is 0 Å². The molecule has 0 amide bonds. The van der Waals surface area contributed by atoms with Crippen LogP contribution in [0.25, 0.3) is 6.08 Å².